The van der Waals surface area contributed by atoms with Crippen molar-refractivity contribution in [3.63, 3.8) is 0 Å². The van der Waals surface area contributed by atoms with Crippen LogP contribution in [-0.2, 0) is 7.05 Å². The summed E-state index contributed by atoms with van der Waals surface area (Å²) in [7, 11) is 2.17. The summed E-state index contributed by atoms with van der Waals surface area (Å²) in [4.78, 5) is 0. The molecule has 16 heavy (non-hydrogen) atoms. The van der Waals surface area contributed by atoms with E-state index in [4.69, 9.17) is 0 Å². The topological polar surface area (TPSA) is 17.0 Å². The number of benzene rings is 1. The lowest BCUT2D eigenvalue weighted by molar-refractivity contribution is 0.694. The van der Waals surface area contributed by atoms with Gasteiger partial charge >= 0.3 is 0 Å². The quantitative estimate of drug-likeness (QED) is 0.849. The van der Waals surface area contributed by atoms with Gasteiger partial charge in [-0.3, -0.25) is 0 Å². The third-order valence-corrected chi connectivity index (χ3v) is 4.01. The molecule has 0 spiro atoms. The van der Waals surface area contributed by atoms with E-state index in [9.17, 15) is 0 Å². The molecule has 1 aromatic heterocycles. The Morgan fingerprint density at radius 3 is 3.00 bits per heavy atom. The van der Waals surface area contributed by atoms with Gasteiger partial charge in [0.25, 0.3) is 0 Å². The van der Waals surface area contributed by atoms with Crippen LogP contribution in [0.25, 0.3) is 10.9 Å². The maximum absolute atomic E-state index is 3.53. The third kappa shape index (κ3) is 1.59. The lowest BCUT2D eigenvalue weighted by atomic mass is 10.1. The van der Waals surface area contributed by atoms with Crippen LogP contribution < -0.4 is 5.32 Å². The highest BCUT2D eigenvalue weighted by Gasteiger charge is 2.20. The smallest absolute Gasteiger partial charge is 0.0480 e. The summed E-state index contributed by atoms with van der Waals surface area (Å²) in [6.45, 7) is 2.27. The lowest BCUT2D eigenvalue weighted by Crippen LogP contribution is -2.10. The number of rotatable bonds is 1. The maximum Gasteiger partial charge on any atom is 0.0480 e. The summed E-state index contributed by atoms with van der Waals surface area (Å²) >= 11 is 3.53. The first-order chi connectivity index (χ1) is 7.75. The van der Waals surface area contributed by atoms with Crippen LogP contribution in [-0.4, -0.2) is 17.7 Å². The van der Waals surface area contributed by atoms with Crippen molar-refractivity contribution in [1.82, 2.24) is 9.88 Å². The van der Waals surface area contributed by atoms with Crippen LogP contribution in [0.3, 0.4) is 0 Å². The standard InChI is InChI=1S/C13H15BrN2/c1-16-12-3-2-11(14)6-10(12)7-13(16)9-4-5-15-8-9/h2-3,6-7,9,15H,4-5,8H2,1H3. The van der Waals surface area contributed by atoms with Crippen LogP contribution in [0.15, 0.2) is 28.7 Å². The van der Waals surface area contributed by atoms with Crippen molar-refractivity contribution in [2.75, 3.05) is 13.1 Å². The molecule has 1 fully saturated rings. The Bertz CT molecular complexity index is 524. The fourth-order valence-electron chi connectivity index (χ4n) is 2.64. The number of halogens is 1. The van der Waals surface area contributed by atoms with E-state index in [-0.39, 0.29) is 0 Å². The summed E-state index contributed by atoms with van der Waals surface area (Å²) in [5.74, 6) is 0.677. The van der Waals surface area contributed by atoms with Crippen LogP contribution >= 0.6 is 15.9 Å². The molecule has 1 aliphatic rings. The molecule has 3 heteroatoms. The van der Waals surface area contributed by atoms with E-state index >= 15 is 0 Å². The highest BCUT2D eigenvalue weighted by atomic mass is 79.9. The van der Waals surface area contributed by atoms with Gasteiger partial charge in [-0.05, 0) is 37.2 Å². The molecule has 1 aromatic carbocycles. The van der Waals surface area contributed by atoms with Crippen molar-refractivity contribution in [2.24, 2.45) is 7.05 Å². The number of hydrogen-bond acceptors (Lipinski definition) is 1. The maximum atomic E-state index is 3.53. The molecule has 0 saturated carbocycles. The normalized spacial score (nSPS) is 20.8. The Hall–Kier alpha value is -0.800. The molecule has 3 rings (SSSR count). The Morgan fingerprint density at radius 2 is 2.25 bits per heavy atom. The Balaban J connectivity index is 2.14. The molecule has 1 N–H and O–H groups in total. The molecule has 0 amide bonds. The van der Waals surface area contributed by atoms with Gasteiger partial charge in [-0.1, -0.05) is 15.9 Å². The molecule has 0 bridgehead atoms. The first-order valence-electron chi connectivity index (χ1n) is 5.71. The second-order valence-electron chi connectivity index (χ2n) is 4.52. The van der Waals surface area contributed by atoms with Gasteiger partial charge in [0.05, 0.1) is 0 Å². The van der Waals surface area contributed by atoms with Gasteiger partial charge in [0.1, 0.15) is 0 Å². The largest absolute Gasteiger partial charge is 0.347 e. The van der Waals surface area contributed by atoms with Gasteiger partial charge in [0.15, 0.2) is 0 Å². The zero-order valence-corrected chi connectivity index (χ0v) is 10.9. The van der Waals surface area contributed by atoms with Gasteiger partial charge < -0.3 is 9.88 Å². The van der Waals surface area contributed by atoms with Gasteiger partial charge in [-0.25, -0.2) is 0 Å². The van der Waals surface area contributed by atoms with E-state index in [0.717, 1.165) is 17.6 Å². The predicted molar refractivity (Wildman–Crippen MR) is 70.8 cm³/mol. The van der Waals surface area contributed by atoms with Gasteiger partial charge in [-0.2, -0.15) is 0 Å². The molecule has 84 valence electrons. The number of aryl methyl sites for hydroxylation is 1. The monoisotopic (exact) mass is 278 g/mol. The molecule has 0 radical (unpaired) electrons. The van der Waals surface area contributed by atoms with Gasteiger partial charge in [-0.15, -0.1) is 0 Å². The summed E-state index contributed by atoms with van der Waals surface area (Å²) in [5.41, 5.74) is 2.78. The number of hydrogen-bond donors (Lipinski definition) is 1. The van der Waals surface area contributed by atoms with Crippen LogP contribution in [0.5, 0.6) is 0 Å². The van der Waals surface area contributed by atoms with Crippen molar-refractivity contribution >= 4 is 26.8 Å². The Labute approximate surface area is 104 Å². The molecule has 1 atom stereocenters. The molecule has 0 aliphatic carbocycles. The van der Waals surface area contributed by atoms with Crippen LogP contribution in [0, 0.1) is 0 Å². The van der Waals surface area contributed by atoms with Gasteiger partial charge in [0.2, 0.25) is 0 Å². The number of fused-ring (bicyclic) bond motifs is 1. The Morgan fingerprint density at radius 1 is 1.38 bits per heavy atom. The molecular weight excluding hydrogens is 264 g/mol. The van der Waals surface area contributed by atoms with Crippen molar-refractivity contribution in [1.29, 1.82) is 0 Å². The van der Waals surface area contributed by atoms with E-state index in [1.165, 1.54) is 23.0 Å². The second kappa shape index (κ2) is 3.90. The minimum atomic E-state index is 0.677. The average molecular weight is 279 g/mol. The molecule has 2 nitrogen and oxygen atoms in total. The average Bonchev–Trinajstić information content (AvgIpc) is 2.86. The zero-order valence-electron chi connectivity index (χ0n) is 9.33. The fourth-order valence-corrected chi connectivity index (χ4v) is 3.02. The number of nitrogens with zero attached hydrogens (tertiary/aromatic N) is 1. The van der Waals surface area contributed by atoms with Crippen molar-refractivity contribution in [3.05, 3.63) is 34.4 Å². The van der Waals surface area contributed by atoms with E-state index in [2.05, 4.69) is 57.1 Å². The summed E-state index contributed by atoms with van der Waals surface area (Å²) in [5, 5.41) is 4.76. The van der Waals surface area contributed by atoms with Crippen LogP contribution in [0.1, 0.15) is 18.0 Å². The van der Waals surface area contributed by atoms with Crippen molar-refractivity contribution in [3.8, 4) is 0 Å². The molecule has 2 heterocycles. The first-order valence-corrected chi connectivity index (χ1v) is 6.50. The minimum Gasteiger partial charge on any atom is -0.347 e. The molecule has 1 aliphatic heterocycles. The van der Waals surface area contributed by atoms with E-state index in [1.54, 1.807) is 0 Å². The molecule has 1 saturated heterocycles. The number of nitrogens with one attached hydrogen (secondary N) is 1. The van der Waals surface area contributed by atoms with Gasteiger partial charge in [0, 0.05) is 40.6 Å². The predicted octanol–water partition coefficient (Wildman–Crippen LogP) is 3.02. The summed E-state index contributed by atoms with van der Waals surface area (Å²) in [6, 6.07) is 8.82. The number of aromatic nitrogens is 1. The van der Waals surface area contributed by atoms with Crippen molar-refractivity contribution < 1.29 is 0 Å². The third-order valence-electron chi connectivity index (χ3n) is 3.52. The van der Waals surface area contributed by atoms with E-state index in [0.29, 0.717) is 5.92 Å². The van der Waals surface area contributed by atoms with E-state index in [1.807, 2.05) is 0 Å². The second-order valence-corrected chi connectivity index (χ2v) is 5.44. The SMILES string of the molecule is Cn1c(C2CCNC2)cc2cc(Br)ccc21. The highest BCUT2D eigenvalue weighted by Crippen LogP contribution is 2.29. The van der Waals surface area contributed by atoms with Crippen LogP contribution in [0.2, 0.25) is 0 Å². The molecular formula is C13H15BrN2. The first kappa shape index (κ1) is 10.4. The van der Waals surface area contributed by atoms with E-state index < -0.39 is 0 Å². The lowest BCUT2D eigenvalue weighted by Gasteiger charge is -2.10. The summed E-state index contributed by atoms with van der Waals surface area (Å²) in [6.07, 6.45) is 1.26. The minimum absolute atomic E-state index is 0.677. The summed E-state index contributed by atoms with van der Waals surface area (Å²) < 4.78 is 3.49. The highest BCUT2D eigenvalue weighted by molar-refractivity contribution is 9.10. The fraction of sp³-hybridized carbons (Fsp3) is 0.385. The molecule has 2 aromatic rings. The Kier molecular flexibility index (Phi) is 2.52. The van der Waals surface area contributed by atoms with Crippen molar-refractivity contribution in [2.45, 2.75) is 12.3 Å². The van der Waals surface area contributed by atoms with Crippen LogP contribution in [0.4, 0.5) is 0 Å². The zero-order chi connectivity index (χ0) is 11.1. The molecule has 1 unspecified atom stereocenters.